The van der Waals surface area contributed by atoms with E-state index < -0.39 is 9.84 Å². The van der Waals surface area contributed by atoms with Crippen LogP contribution in [0.3, 0.4) is 0 Å². The normalized spacial score (nSPS) is 13.2. The first kappa shape index (κ1) is 23.9. The number of amides is 1. The number of hydrogen-bond donors (Lipinski definition) is 3. The van der Waals surface area contributed by atoms with Gasteiger partial charge in [0.05, 0.1) is 17.2 Å². The Balaban J connectivity index is 2.57. The van der Waals surface area contributed by atoms with Crippen molar-refractivity contribution in [3.05, 3.63) is 29.8 Å². The lowest BCUT2D eigenvalue weighted by molar-refractivity contribution is -0.121. The zero-order chi connectivity index (χ0) is 21.6. The maximum Gasteiger partial charge on any atom is 0.239 e. The number of sulfone groups is 1. The third-order valence-corrected chi connectivity index (χ3v) is 5.63. The quantitative estimate of drug-likeness (QED) is 0.491. The van der Waals surface area contributed by atoms with Crippen LogP contribution < -0.4 is 16.0 Å². The average molecular weight is 411 g/mol. The molecule has 0 aliphatic heterocycles. The molecule has 1 aromatic carbocycles. The molecule has 1 aromatic rings. The molecule has 0 aromatic heterocycles. The van der Waals surface area contributed by atoms with Crippen molar-refractivity contribution in [1.82, 2.24) is 16.0 Å². The number of hydrogen-bond acceptors (Lipinski definition) is 4. The van der Waals surface area contributed by atoms with Crippen molar-refractivity contribution >= 4 is 21.7 Å². The van der Waals surface area contributed by atoms with Gasteiger partial charge in [-0.15, -0.1) is 0 Å². The van der Waals surface area contributed by atoms with E-state index in [4.69, 9.17) is 0 Å². The van der Waals surface area contributed by atoms with Gasteiger partial charge >= 0.3 is 0 Å². The molecule has 0 saturated carbocycles. The number of nitrogens with zero attached hydrogens (tertiary/aromatic N) is 1. The number of carbonyl (C=O) groups is 1. The Labute approximate surface area is 169 Å². The van der Waals surface area contributed by atoms with Gasteiger partial charge in [-0.1, -0.05) is 32.9 Å². The van der Waals surface area contributed by atoms with Gasteiger partial charge in [0, 0.05) is 19.1 Å². The molecule has 0 atom stereocenters. The van der Waals surface area contributed by atoms with Crippen LogP contribution in [-0.2, 0) is 20.0 Å². The Bertz CT molecular complexity index is 786. The molecule has 0 aliphatic carbocycles. The number of benzene rings is 1. The molecule has 7 nitrogen and oxygen atoms in total. The first-order valence-corrected chi connectivity index (χ1v) is 11.0. The number of nitrogens with one attached hydrogen (secondary N) is 3. The van der Waals surface area contributed by atoms with Crippen molar-refractivity contribution in [1.29, 1.82) is 0 Å². The van der Waals surface area contributed by atoms with Gasteiger partial charge in [-0.25, -0.2) is 8.42 Å². The van der Waals surface area contributed by atoms with Crippen LogP contribution in [0.5, 0.6) is 0 Å². The summed E-state index contributed by atoms with van der Waals surface area (Å²) in [5, 5.41) is 8.64. The molecule has 158 valence electrons. The SMILES string of the molecule is CN=C(NCCS(=O)(=O)c1ccc(C(C)(C)C)cc1)NCC(=O)NC(C)(C)C. The monoisotopic (exact) mass is 410 g/mol. The van der Waals surface area contributed by atoms with Crippen LogP contribution >= 0.6 is 0 Å². The summed E-state index contributed by atoms with van der Waals surface area (Å²) in [5.41, 5.74) is 0.746. The van der Waals surface area contributed by atoms with Crippen molar-refractivity contribution in [2.45, 2.75) is 57.4 Å². The number of rotatable bonds is 6. The van der Waals surface area contributed by atoms with Gasteiger partial charge < -0.3 is 16.0 Å². The van der Waals surface area contributed by atoms with Crippen LogP contribution in [0.1, 0.15) is 47.1 Å². The second-order valence-electron chi connectivity index (χ2n) is 8.74. The van der Waals surface area contributed by atoms with E-state index in [9.17, 15) is 13.2 Å². The molecule has 0 fully saturated rings. The fraction of sp³-hybridized carbons (Fsp3) is 0.600. The second-order valence-corrected chi connectivity index (χ2v) is 10.9. The molecule has 0 spiro atoms. The maximum atomic E-state index is 12.5. The predicted molar refractivity (Wildman–Crippen MR) is 114 cm³/mol. The van der Waals surface area contributed by atoms with E-state index in [0.29, 0.717) is 10.9 Å². The van der Waals surface area contributed by atoms with Crippen LogP contribution in [-0.4, -0.2) is 51.7 Å². The standard InChI is InChI=1S/C20H34N4O3S/c1-19(2,3)15-8-10-16(11-9-15)28(26,27)13-12-22-18(21-7)23-14-17(25)24-20(4,5)6/h8-11H,12-14H2,1-7H3,(H,24,25)(H2,21,22,23). The van der Waals surface area contributed by atoms with E-state index in [1.165, 1.54) is 0 Å². The summed E-state index contributed by atoms with van der Waals surface area (Å²) in [6.45, 7) is 12.2. The highest BCUT2D eigenvalue weighted by molar-refractivity contribution is 7.91. The Morgan fingerprint density at radius 1 is 1.00 bits per heavy atom. The Kier molecular flexibility index (Phi) is 8.05. The summed E-state index contributed by atoms with van der Waals surface area (Å²) in [7, 11) is -1.84. The molecule has 8 heteroatoms. The largest absolute Gasteiger partial charge is 0.355 e. The summed E-state index contributed by atoms with van der Waals surface area (Å²) in [5.74, 6) is 0.140. The minimum atomic E-state index is -3.41. The summed E-state index contributed by atoms with van der Waals surface area (Å²) < 4.78 is 25.0. The predicted octanol–water partition coefficient (Wildman–Crippen LogP) is 1.84. The van der Waals surface area contributed by atoms with E-state index in [1.807, 2.05) is 32.9 Å². The Morgan fingerprint density at radius 2 is 1.57 bits per heavy atom. The molecule has 0 unspecified atom stereocenters. The average Bonchev–Trinajstić information content (AvgIpc) is 2.55. The Morgan fingerprint density at radius 3 is 2.04 bits per heavy atom. The zero-order valence-corrected chi connectivity index (χ0v) is 18.8. The van der Waals surface area contributed by atoms with Crippen molar-refractivity contribution in [3.8, 4) is 0 Å². The van der Waals surface area contributed by atoms with Crippen LogP contribution in [0, 0.1) is 0 Å². The molecule has 0 aliphatic rings. The number of guanidine groups is 1. The molecule has 0 saturated heterocycles. The van der Waals surface area contributed by atoms with Crippen molar-refractivity contribution in [2.75, 3.05) is 25.9 Å². The van der Waals surface area contributed by atoms with Crippen LogP contribution in [0.4, 0.5) is 0 Å². The smallest absolute Gasteiger partial charge is 0.239 e. The van der Waals surface area contributed by atoms with Gasteiger partial charge in [-0.05, 0) is 43.9 Å². The minimum Gasteiger partial charge on any atom is -0.355 e. The van der Waals surface area contributed by atoms with Crippen LogP contribution in [0.15, 0.2) is 34.2 Å². The van der Waals surface area contributed by atoms with E-state index in [2.05, 4.69) is 41.7 Å². The van der Waals surface area contributed by atoms with Crippen LogP contribution in [0.25, 0.3) is 0 Å². The van der Waals surface area contributed by atoms with Gasteiger partial charge in [0.2, 0.25) is 5.91 Å². The van der Waals surface area contributed by atoms with E-state index >= 15 is 0 Å². The van der Waals surface area contributed by atoms with Crippen molar-refractivity contribution in [3.63, 3.8) is 0 Å². The lowest BCUT2D eigenvalue weighted by Crippen LogP contribution is -2.48. The van der Waals surface area contributed by atoms with Crippen LogP contribution in [0.2, 0.25) is 0 Å². The van der Waals surface area contributed by atoms with Gasteiger partial charge in [0.1, 0.15) is 0 Å². The fourth-order valence-electron chi connectivity index (χ4n) is 2.43. The molecule has 0 bridgehead atoms. The van der Waals surface area contributed by atoms with Gasteiger partial charge in [-0.2, -0.15) is 0 Å². The first-order valence-electron chi connectivity index (χ1n) is 9.33. The van der Waals surface area contributed by atoms with Gasteiger partial charge in [0.15, 0.2) is 15.8 Å². The summed E-state index contributed by atoms with van der Waals surface area (Å²) >= 11 is 0. The van der Waals surface area contributed by atoms with Gasteiger partial charge in [-0.3, -0.25) is 9.79 Å². The van der Waals surface area contributed by atoms with E-state index in [-0.39, 0.29) is 35.7 Å². The molecule has 1 rings (SSSR count). The summed E-state index contributed by atoms with van der Waals surface area (Å²) in [6, 6.07) is 7.02. The van der Waals surface area contributed by atoms with Crippen molar-refractivity contribution < 1.29 is 13.2 Å². The first-order chi connectivity index (χ1) is 12.7. The molecular weight excluding hydrogens is 376 g/mol. The highest BCUT2D eigenvalue weighted by Gasteiger charge is 2.18. The molecular formula is C20H34N4O3S. The van der Waals surface area contributed by atoms with Crippen molar-refractivity contribution in [2.24, 2.45) is 4.99 Å². The molecule has 1 amide bonds. The molecule has 0 heterocycles. The molecule has 28 heavy (non-hydrogen) atoms. The lowest BCUT2D eigenvalue weighted by atomic mass is 9.87. The van der Waals surface area contributed by atoms with E-state index in [0.717, 1.165) is 5.56 Å². The maximum absolute atomic E-state index is 12.5. The number of carbonyl (C=O) groups excluding carboxylic acids is 1. The zero-order valence-electron chi connectivity index (χ0n) is 18.0. The molecule has 3 N–H and O–H groups in total. The molecule has 0 radical (unpaired) electrons. The lowest BCUT2D eigenvalue weighted by Gasteiger charge is -2.21. The number of aliphatic imine (C=N–C) groups is 1. The minimum absolute atomic E-state index is 0.0265. The third-order valence-electron chi connectivity index (χ3n) is 3.90. The van der Waals surface area contributed by atoms with E-state index in [1.54, 1.807) is 19.2 Å². The van der Waals surface area contributed by atoms with Gasteiger partial charge in [0.25, 0.3) is 0 Å². The summed E-state index contributed by atoms with van der Waals surface area (Å²) in [6.07, 6.45) is 0. The Hall–Kier alpha value is -2.09. The second kappa shape index (κ2) is 9.41. The highest BCUT2D eigenvalue weighted by atomic mass is 32.2. The highest BCUT2D eigenvalue weighted by Crippen LogP contribution is 2.23. The topological polar surface area (TPSA) is 99.7 Å². The third kappa shape index (κ3) is 8.29. The fourth-order valence-corrected chi connectivity index (χ4v) is 3.59. The summed E-state index contributed by atoms with van der Waals surface area (Å²) in [4.78, 5) is 16.2.